The number of carbonyl (C=O) groups excluding carboxylic acids is 1. The van der Waals surface area contributed by atoms with Gasteiger partial charge in [-0.05, 0) is 61.7 Å². The number of halogens is 2. The van der Waals surface area contributed by atoms with Gasteiger partial charge in [-0.3, -0.25) is 4.79 Å². The highest BCUT2D eigenvalue weighted by atomic mass is 79.9. The zero-order valence-electron chi connectivity index (χ0n) is 14.8. The van der Waals surface area contributed by atoms with Crippen molar-refractivity contribution in [3.63, 3.8) is 0 Å². The lowest BCUT2D eigenvalue weighted by Crippen LogP contribution is -2.48. The minimum atomic E-state index is -0.0171. The third kappa shape index (κ3) is 4.37. The fourth-order valence-corrected chi connectivity index (χ4v) is 4.23. The van der Waals surface area contributed by atoms with E-state index in [1.54, 1.807) is 6.20 Å². The lowest BCUT2D eigenvalue weighted by Gasteiger charge is -2.31. The second-order valence-corrected chi connectivity index (χ2v) is 8.42. The Kier molecular flexibility index (Phi) is 5.53. The van der Waals surface area contributed by atoms with Crippen LogP contribution in [0.4, 0.5) is 0 Å². The van der Waals surface area contributed by atoms with Gasteiger partial charge in [0.05, 0.1) is 5.56 Å². The first kappa shape index (κ1) is 18.5. The average Bonchev–Trinajstić information content (AvgIpc) is 3.07. The lowest BCUT2D eigenvalue weighted by atomic mass is 9.94. The van der Waals surface area contributed by atoms with Crippen LogP contribution in [0.15, 0.2) is 53.1 Å². The maximum Gasteiger partial charge on any atom is 0.253 e. The van der Waals surface area contributed by atoms with Gasteiger partial charge in [0.25, 0.3) is 5.91 Å². The summed E-state index contributed by atoms with van der Waals surface area (Å²) in [4.78, 5) is 16.0. The van der Waals surface area contributed by atoms with Crippen LogP contribution in [-0.2, 0) is 6.42 Å². The van der Waals surface area contributed by atoms with Crippen LogP contribution in [0, 0.1) is 0 Å². The van der Waals surface area contributed by atoms with E-state index in [-0.39, 0.29) is 11.9 Å². The quantitative estimate of drug-likeness (QED) is 0.545. The standard InChI is InChI=1S/C21H21BrClN3O/c22-14-3-6-20-18(10-14)19(12-25-20)21(27)26-16-7-8-24-17(11-16)9-13-1-4-15(23)5-2-13/h1-6,10,12,16-17,24-25H,7-9,11H2,(H,26,27)/t16-,17+/m1/s1. The van der Waals surface area contributed by atoms with Crippen molar-refractivity contribution < 1.29 is 4.79 Å². The molecule has 1 saturated heterocycles. The van der Waals surface area contributed by atoms with Crippen LogP contribution in [0.25, 0.3) is 10.9 Å². The SMILES string of the molecule is O=C(N[C@@H]1CCN[C@@H](Cc2ccc(Cl)cc2)C1)c1c[nH]c2ccc(Br)cc12. The monoisotopic (exact) mass is 445 g/mol. The van der Waals surface area contributed by atoms with Crippen LogP contribution in [0.5, 0.6) is 0 Å². The van der Waals surface area contributed by atoms with Crippen LogP contribution in [0.3, 0.4) is 0 Å². The van der Waals surface area contributed by atoms with E-state index in [2.05, 4.69) is 43.7 Å². The van der Waals surface area contributed by atoms with Gasteiger partial charge >= 0.3 is 0 Å². The molecule has 4 rings (SSSR count). The van der Waals surface area contributed by atoms with E-state index in [9.17, 15) is 4.79 Å². The molecule has 2 atom stereocenters. The predicted molar refractivity (Wildman–Crippen MR) is 113 cm³/mol. The van der Waals surface area contributed by atoms with Gasteiger partial charge in [0.2, 0.25) is 0 Å². The Balaban J connectivity index is 1.41. The number of H-pyrrole nitrogens is 1. The molecular formula is C21H21BrClN3O. The smallest absolute Gasteiger partial charge is 0.253 e. The van der Waals surface area contributed by atoms with Crippen molar-refractivity contribution in [3.8, 4) is 0 Å². The van der Waals surface area contributed by atoms with Crippen molar-refractivity contribution in [3.05, 3.63) is 69.3 Å². The fourth-order valence-electron chi connectivity index (χ4n) is 3.74. The number of nitrogens with one attached hydrogen (secondary N) is 3. The number of aromatic nitrogens is 1. The molecule has 0 radical (unpaired) electrons. The number of carbonyl (C=O) groups is 1. The van der Waals surface area contributed by atoms with Crippen molar-refractivity contribution in [2.45, 2.75) is 31.3 Å². The lowest BCUT2D eigenvalue weighted by molar-refractivity contribution is 0.0926. The zero-order chi connectivity index (χ0) is 18.8. The molecule has 1 aliphatic rings. The number of benzene rings is 2. The van der Waals surface area contributed by atoms with Gasteiger partial charge in [-0.1, -0.05) is 39.7 Å². The molecule has 27 heavy (non-hydrogen) atoms. The Labute approximate surface area is 171 Å². The van der Waals surface area contributed by atoms with Gasteiger partial charge in [-0.2, -0.15) is 0 Å². The van der Waals surface area contributed by atoms with Crippen molar-refractivity contribution in [2.24, 2.45) is 0 Å². The van der Waals surface area contributed by atoms with E-state index >= 15 is 0 Å². The highest BCUT2D eigenvalue weighted by Gasteiger charge is 2.24. The third-order valence-electron chi connectivity index (χ3n) is 5.11. The molecule has 4 nitrogen and oxygen atoms in total. The highest BCUT2D eigenvalue weighted by Crippen LogP contribution is 2.23. The summed E-state index contributed by atoms with van der Waals surface area (Å²) in [5.41, 5.74) is 2.92. The van der Waals surface area contributed by atoms with Crippen LogP contribution in [0.1, 0.15) is 28.8 Å². The molecule has 3 N–H and O–H groups in total. The Morgan fingerprint density at radius 3 is 2.85 bits per heavy atom. The molecule has 1 amide bonds. The van der Waals surface area contributed by atoms with Crippen molar-refractivity contribution in [2.75, 3.05) is 6.54 Å². The largest absolute Gasteiger partial charge is 0.360 e. The maximum absolute atomic E-state index is 12.8. The molecule has 1 aromatic heterocycles. The van der Waals surface area contributed by atoms with E-state index in [1.807, 2.05) is 30.3 Å². The molecule has 2 heterocycles. The summed E-state index contributed by atoms with van der Waals surface area (Å²) in [5.74, 6) is -0.0171. The number of fused-ring (bicyclic) bond motifs is 1. The summed E-state index contributed by atoms with van der Waals surface area (Å²) in [6.45, 7) is 0.905. The number of piperidine rings is 1. The van der Waals surface area contributed by atoms with E-state index in [0.717, 1.165) is 46.2 Å². The first-order valence-electron chi connectivity index (χ1n) is 9.14. The van der Waals surface area contributed by atoms with Gasteiger partial charge in [0.1, 0.15) is 0 Å². The summed E-state index contributed by atoms with van der Waals surface area (Å²) in [6, 6.07) is 14.4. The van der Waals surface area contributed by atoms with Crippen molar-refractivity contribution in [1.82, 2.24) is 15.6 Å². The summed E-state index contributed by atoms with van der Waals surface area (Å²) in [7, 11) is 0. The molecule has 1 fully saturated rings. The van der Waals surface area contributed by atoms with Gasteiger partial charge in [0.15, 0.2) is 0 Å². The normalized spacial score (nSPS) is 19.9. The first-order chi connectivity index (χ1) is 13.1. The molecule has 6 heteroatoms. The molecule has 0 aliphatic carbocycles. The number of amides is 1. The predicted octanol–water partition coefficient (Wildman–Crippen LogP) is 4.68. The number of rotatable bonds is 4. The zero-order valence-corrected chi connectivity index (χ0v) is 17.1. The first-order valence-corrected chi connectivity index (χ1v) is 10.3. The average molecular weight is 447 g/mol. The molecule has 2 aromatic carbocycles. The van der Waals surface area contributed by atoms with Crippen LogP contribution in [0.2, 0.25) is 5.02 Å². The van der Waals surface area contributed by atoms with Crippen molar-refractivity contribution in [1.29, 1.82) is 0 Å². The molecule has 0 spiro atoms. The molecule has 0 unspecified atom stereocenters. The highest BCUT2D eigenvalue weighted by molar-refractivity contribution is 9.10. The topological polar surface area (TPSA) is 56.9 Å². The number of hydrogen-bond donors (Lipinski definition) is 3. The molecule has 3 aromatic rings. The summed E-state index contributed by atoms with van der Waals surface area (Å²) in [5, 5.41) is 8.48. The summed E-state index contributed by atoms with van der Waals surface area (Å²) in [6.07, 6.45) is 4.58. The minimum absolute atomic E-state index is 0.0171. The third-order valence-corrected chi connectivity index (χ3v) is 5.86. The molecule has 0 saturated carbocycles. The minimum Gasteiger partial charge on any atom is -0.360 e. The van der Waals surface area contributed by atoms with Crippen LogP contribution in [-0.4, -0.2) is 29.5 Å². The van der Waals surface area contributed by atoms with Gasteiger partial charge < -0.3 is 15.6 Å². The van der Waals surface area contributed by atoms with Crippen molar-refractivity contribution >= 4 is 44.3 Å². The van der Waals surface area contributed by atoms with E-state index in [0.29, 0.717) is 11.6 Å². The Morgan fingerprint density at radius 2 is 2.04 bits per heavy atom. The van der Waals surface area contributed by atoms with Crippen LogP contribution >= 0.6 is 27.5 Å². The second-order valence-electron chi connectivity index (χ2n) is 7.07. The molecule has 140 valence electrons. The Hall–Kier alpha value is -1.82. The maximum atomic E-state index is 12.8. The Bertz CT molecular complexity index is 954. The van der Waals surface area contributed by atoms with Crippen LogP contribution < -0.4 is 10.6 Å². The number of aromatic amines is 1. The summed E-state index contributed by atoms with van der Waals surface area (Å²) >= 11 is 9.45. The van der Waals surface area contributed by atoms with E-state index < -0.39 is 0 Å². The molecular weight excluding hydrogens is 426 g/mol. The number of hydrogen-bond acceptors (Lipinski definition) is 2. The van der Waals surface area contributed by atoms with Gasteiger partial charge in [0, 0.05) is 38.7 Å². The fraction of sp³-hybridized carbons (Fsp3) is 0.286. The van der Waals surface area contributed by atoms with Gasteiger partial charge in [-0.25, -0.2) is 0 Å². The molecule has 0 bridgehead atoms. The van der Waals surface area contributed by atoms with Gasteiger partial charge in [-0.15, -0.1) is 0 Å². The van der Waals surface area contributed by atoms with E-state index in [1.165, 1.54) is 5.56 Å². The Morgan fingerprint density at radius 1 is 1.22 bits per heavy atom. The summed E-state index contributed by atoms with van der Waals surface area (Å²) < 4.78 is 0.966. The molecule has 1 aliphatic heterocycles. The second kappa shape index (κ2) is 8.05. The van der Waals surface area contributed by atoms with E-state index in [4.69, 9.17) is 11.6 Å².